The minimum Gasteiger partial charge on any atom is -0.465 e. The standard InChI is InChI=1S/C37H20F5N3O4S/c1-49-37(46)25-15-29(39)33(30(40)16-25)21-4-2-5-22(14-21)35-34(32-23(18-43)6-3-7-24(32)19-44)28-17-26(38)10-13-31(28)45(35)50(47,48)27-11-8-20(9-12-27)36(41)42/h2-17,36H,1H3. The average molecular weight is 698 g/mol. The SMILES string of the molecule is COC(=O)c1cc(F)c(-c2cccc(-c3c(-c4c(C#N)cccc4C#N)c4cc(F)ccc4n3S(=O)(=O)c3ccc(C(F)F)cc3)c2)c(F)c1. The van der Waals surface area contributed by atoms with Crippen molar-refractivity contribution in [2.45, 2.75) is 11.3 Å². The van der Waals surface area contributed by atoms with E-state index in [0.717, 1.165) is 59.6 Å². The van der Waals surface area contributed by atoms with Crippen molar-refractivity contribution in [2.24, 2.45) is 0 Å². The van der Waals surface area contributed by atoms with Crippen LogP contribution in [0.25, 0.3) is 44.4 Å². The Labute approximate surface area is 281 Å². The second kappa shape index (κ2) is 13.0. The van der Waals surface area contributed by atoms with E-state index >= 15 is 8.78 Å². The van der Waals surface area contributed by atoms with Gasteiger partial charge in [0, 0.05) is 27.6 Å². The van der Waals surface area contributed by atoms with Crippen LogP contribution in [0.5, 0.6) is 0 Å². The number of alkyl halides is 2. The molecule has 0 saturated heterocycles. The number of nitrogens with zero attached hydrogens (tertiary/aromatic N) is 3. The van der Waals surface area contributed by atoms with E-state index in [-0.39, 0.29) is 50.0 Å². The molecule has 13 heteroatoms. The monoisotopic (exact) mass is 697 g/mol. The molecule has 0 N–H and O–H groups in total. The van der Waals surface area contributed by atoms with E-state index in [1.807, 2.05) is 12.1 Å². The van der Waals surface area contributed by atoms with Crippen molar-refractivity contribution in [1.29, 1.82) is 10.5 Å². The molecular formula is C37H20F5N3O4S. The van der Waals surface area contributed by atoms with Crippen LogP contribution >= 0.6 is 0 Å². The van der Waals surface area contributed by atoms with Crippen molar-refractivity contribution in [1.82, 2.24) is 3.97 Å². The molecule has 6 aromatic rings. The van der Waals surface area contributed by atoms with Crippen LogP contribution in [0.4, 0.5) is 22.0 Å². The second-order valence-corrected chi connectivity index (χ2v) is 12.6. The number of methoxy groups -OCH3 is 1. The number of carbonyl (C=O) groups excluding carboxylic acids is 1. The largest absolute Gasteiger partial charge is 0.465 e. The number of nitriles is 2. The lowest BCUT2D eigenvalue weighted by atomic mass is 9.90. The first-order chi connectivity index (χ1) is 23.9. The van der Waals surface area contributed by atoms with Gasteiger partial charge in [-0.15, -0.1) is 0 Å². The molecule has 0 amide bonds. The average Bonchev–Trinajstić information content (AvgIpc) is 3.45. The van der Waals surface area contributed by atoms with Crippen LogP contribution in [-0.4, -0.2) is 25.5 Å². The highest BCUT2D eigenvalue weighted by Crippen LogP contribution is 2.46. The fourth-order valence-electron chi connectivity index (χ4n) is 5.80. The maximum Gasteiger partial charge on any atom is 0.338 e. The van der Waals surface area contributed by atoms with Gasteiger partial charge in [0.2, 0.25) is 0 Å². The Hall–Kier alpha value is -6.31. The summed E-state index contributed by atoms with van der Waals surface area (Å²) in [7, 11) is -3.71. The molecule has 0 atom stereocenters. The number of hydrogen-bond donors (Lipinski definition) is 0. The molecule has 0 aliphatic heterocycles. The van der Waals surface area contributed by atoms with Gasteiger partial charge in [0.25, 0.3) is 16.4 Å². The highest BCUT2D eigenvalue weighted by atomic mass is 32.2. The summed E-state index contributed by atoms with van der Waals surface area (Å²) < 4.78 is 107. The van der Waals surface area contributed by atoms with Gasteiger partial charge in [0.1, 0.15) is 17.5 Å². The van der Waals surface area contributed by atoms with Gasteiger partial charge in [-0.25, -0.2) is 39.1 Å². The molecule has 6 rings (SSSR count). The molecule has 7 nitrogen and oxygen atoms in total. The number of carbonyl (C=O) groups is 1. The minimum absolute atomic E-state index is 0.00522. The normalized spacial score (nSPS) is 11.4. The first-order valence-electron chi connectivity index (χ1n) is 14.5. The van der Waals surface area contributed by atoms with E-state index in [4.69, 9.17) is 0 Å². The highest BCUT2D eigenvalue weighted by Gasteiger charge is 2.31. The number of esters is 1. The fraction of sp³-hybridized carbons (Fsp3) is 0.0541. The van der Waals surface area contributed by atoms with Gasteiger partial charge in [-0.3, -0.25) is 0 Å². The summed E-state index contributed by atoms with van der Waals surface area (Å²) in [4.78, 5) is 11.5. The summed E-state index contributed by atoms with van der Waals surface area (Å²) >= 11 is 0. The smallest absolute Gasteiger partial charge is 0.338 e. The zero-order chi connectivity index (χ0) is 35.9. The van der Waals surface area contributed by atoms with Gasteiger partial charge in [-0.2, -0.15) is 10.5 Å². The molecule has 0 bridgehead atoms. The van der Waals surface area contributed by atoms with Crippen molar-refractivity contribution >= 4 is 26.9 Å². The van der Waals surface area contributed by atoms with E-state index in [0.29, 0.717) is 0 Å². The van der Waals surface area contributed by atoms with E-state index in [1.54, 1.807) is 0 Å². The summed E-state index contributed by atoms with van der Waals surface area (Å²) in [5.41, 5.74) is -2.12. The molecule has 5 aromatic carbocycles. The van der Waals surface area contributed by atoms with Crippen LogP contribution in [0.3, 0.4) is 0 Å². The molecule has 0 aliphatic rings. The van der Waals surface area contributed by atoms with Crippen molar-refractivity contribution in [2.75, 3.05) is 7.11 Å². The maximum absolute atomic E-state index is 15.4. The lowest BCUT2D eigenvalue weighted by Crippen LogP contribution is -2.14. The van der Waals surface area contributed by atoms with Crippen molar-refractivity contribution in [3.8, 4) is 45.6 Å². The highest BCUT2D eigenvalue weighted by molar-refractivity contribution is 7.90. The third-order valence-corrected chi connectivity index (χ3v) is 9.73. The number of ether oxygens (including phenoxy) is 1. The molecular weight excluding hydrogens is 677 g/mol. The maximum atomic E-state index is 15.4. The van der Waals surface area contributed by atoms with E-state index in [1.165, 1.54) is 48.5 Å². The van der Waals surface area contributed by atoms with Gasteiger partial charge in [0.05, 0.1) is 57.6 Å². The minimum atomic E-state index is -4.75. The van der Waals surface area contributed by atoms with Crippen LogP contribution in [0, 0.1) is 40.1 Å². The lowest BCUT2D eigenvalue weighted by molar-refractivity contribution is 0.0599. The quantitative estimate of drug-likeness (QED) is 0.122. The van der Waals surface area contributed by atoms with Crippen molar-refractivity contribution < 1.29 is 39.9 Å². The first-order valence-corrected chi connectivity index (χ1v) is 15.9. The Morgan fingerprint density at radius 3 is 1.94 bits per heavy atom. The van der Waals surface area contributed by atoms with Crippen molar-refractivity contribution in [3.63, 3.8) is 0 Å². The van der Waals surface area contributed by atoms with Gasteiger partial charge >= 0.3 is 5.97 Å². The molecule has 1 heterocycles. The summed E-state index contributed by atoms with van der Waals surface area (Å²) in [6, 6.07) is 22.1. The Kier molecular flexibility index (Phi) is 8.70. The Morgan fingerprint density at radius 2 is 1.36 bits per heavy atom. The third kappa shape index (κ3) is 5.63. The number of fused-ring (bicyclic) bond motifs is 1. The van der Waals surface area contributed by atoms with Crippen LogP contribution in [0.2, 0.25) is 0 Å². The first kappa shape index (κ1) is 33.6. The number of benzene rings is 5. The van der Waals surface area contributed by atoms with Gasteiger partial charge in [-0.05, 0) is 66.2 Å². The van der Waals surface area contributed by atoms with Gasteiger partial charge in [-0.1, -0.05) is 36.4 Å². The number of hydrogen-bond acceptors (Lipinski definition) is 6. The molecule has 0 radical (unpaired) electrons. The summed E-state index contributed by atoms with van der Waals surface area (Å²) in [5.74, 6) is -4.06. The summed E-state index contributed by atoms with van der Waals surface area (Å²) in [6.45, 7) is 0. The molecule has 1 aromatic heterocycles. The van der Waals surface area contributed by atoms with Crippen LogP contribution in [0.1, 0.15) is 33.5 Å². The van der Waals surface area contributed by atoms with Gasteiger partial charge < -0.3 is 4.74 Å². The number of aromatic nitrogens is 1. The topological polar surface area (TPSA) is 113 Å². The Bertz CT molecular complexity index is 2500. The number of rotatable bonds is 7. The predicted molar refractivity (Wildman–Crippen MR) is 173 cm³/mol. The Balaban J connectivity index is 1.76. The lowest BCUT2D eigenvalue weighted by Gasteiger charge is -2.16. The molecule has 50 heavy (non-hydrogen) atoms. The second-order valence-electron chi connectivity index (χ2n) is 10.9. The van der Waals surface area contributed by atoms with Crippen LogP contribution in [0.15, 0.2) is 102 Å². The molecule has 0 saturated carbocycles. The number of halogens is 5. The van der Waals surface area contributed by atoms with Crippen LogP contribution in [-0.2, 0) is 14.8 Å². The fourth-order valence-corrected chi connectivity index (χ4v) is 7.35. The van der Waals surface area contributed by atoms with Gasteiger partial charge in [0.15, 0.2) is 0 Å². The molecule has 0 spiro atoms. The van der Waals surface area contributed by atoms with Crippen LogP contribution < -0.4 is 0 Å². The summed E-state index contributed by atoms with van der Waals surface area (Å²) in [5, 5.41) is 20.2. The third-order valence-electron chi connectivity index (χ3n) is 8.00. The van der Waals surface area contributed by atoms with Crippen molar-refractivity contribution in [3.05, 3.63) is 137 Å². The Morgan fingerprint density at radius 1 is 0.760 bits per heavy atom. The zero-order valence-electron chi connectivity index (χ0n) is 25.6. The molecule has 0 aliphatic carbocycles. The molecule has 0 fully saturated rings. The molecule has 0 unspecified atom stereocenters. The molecule has 248 valence electrons. The van der Waals surface area contributed by atoms with E-state index < -0.39 is 61.5 Å². The van der Waals surface area contributed by atoms with E-state index in [9.17, 15) is 36.9 Å². The van der Waals surface area contributed by atoms with E-state index in [2.05, 4.69) is 4.74 Å². The summed E-state index contributed by atoms with van der Waals surface area (Å²) in [6.07, 6.45) is -2.89. The zero-order valence-corrected chi connectivity index (χ0v) is 26.4. The predicted octanol–water partition coefficient (Wildman–Crippen LogP) is 8.76.